The predicted molar refractivity (Wildman–Crippen MR) is 69.2 cm³/mol. The Labute approximate surface area is 107 Å². The summed E-state index contributed by atoms with van der Waals surface area (Å²) in [7, 11) is 1.92. The summed E-state index contributed by atoms with van der Waals surface area (Å²) in [4.78, 5) is 13.1. The first-order valence-corrected chi connectivity index (χ1v) is 6.01. The second kappa shape index (κ2) is 5.48. The number of carboxylic acids is 1. The van der Waals surface area contributed by atoms with Crippen LogP contribution in [0.4, 0.5) is 4.39 Å². The molecule has 0 bridgehead atoms. The van der Waals surface area contributed by atoms with Crippen molar-refractivity contribution >= 4 is 5.97 Å². The average Bonchev–Trinajstić information content (AvgIpc) is 2.28. The molecule has 0 fully saturated rings. The number of nitrogens with zero attached hydrogens (tertiary/aromatic N) is 1. The molecule has 0 spiro atoms. The molecule has 0 aliphatic heterocycles. The van der Waals surface area contributed by atoms with Gasteiger partial charge in [0, 0.05) is 12.1 Å². The number of aromatic carboxylic acids is 1. The first-order valence-electron chi connectivity index (χ1n) is 6.01. The highest BCUT2D eigenvalue weighted by Crippen LogP contribution is 2.21. The van der Waals surface area contributed by atoms with Gasteiger partial charge in [-0.2, -0.15) is 0 Å². The monoisotopic (exact) mass is 253 g/mol. The zero-order chi connectivity index (χ0) is 13.9. The second-order valence-electron chi connectivity index (χ2n) is 5.13. The van der Waals surface area contributed by atoms with E-state index in [1.54, 1.807) is 0 Å². The second-order valence-corrected chi connectivity index (χ2v) is 5.13. The number of hydrogen-bond donors (Lipinski definition) is 1. The van der Waals surface area contributed by atoms with Crippen molar-refractivity contribution in [3.63, 3.8) is 0 Å². The van der Waals surface area contributed by atoms with Gasteiger partial charge in [0.25, 0.3) is 0 Å². The standard InChI is InChI=1S/C14H20FNO2/c1-5-14(2,3)16(4)9-10-8-11(15)6-7-12(10)13(17)18/h6-8H,5,9H2,1-4H3,(H,17,18). The molecule has 0 atom stereocenters. The highest BCUT2D eigenvalue weighted by molar-refractivity contribution is 5.89. The van der Waals surface area contributed by atoms with Gasteiger partial charge in [-0.05, 0) is 51.1 Å². The van der Waals surface area contributed by atoms with E-state index in [4.69, 9.17) is 5.11 Å². The van der Waals surface area contributed by atoms with E-state index in [1.807, 2.05) is 11.9 Å². The summed E-state index contributed by atoms with van der Waals surface area (Å²) in [5.74, 6) is -1.43. The Morgan fingerprint density at radius 2 is 2.06 bits per heavy atom. The normalized spacial score (nSPS) is 11.9. The third kappa shape index (κ3) is 3.29. The molecular formula is C14H20FNO2. The third-order valence-electron chi connectivity index (χ3n) is 3.60. The van der Waals surface area contributed by atoms with E-state index in [0.717, 1.165) is 6.42 Å². The maximum absolute atomic E-state index is 13.2. The Kier molecular flexibility index (Phi) is 4.46. The van der Waals surface area contributed by atoms with Gasteiger partial charge in [-0.1, -0.05) is 6.92 Å². The molecule has 0 saturated heterocycles. The van der Waals surface area contributed by atoms with Crippen LogP contribution in [0.1, 0.15) is 43.1 Å². The fraction of sp³-hybridized carbons (Fsp3) is 0.500. The van der Waals surface area contributed by atoms with E-state index in [-0.39, 0.29) is 11.1 Å². The van der Waals surface area contributed by atoms with Crippen LogP contribution in [0.2, 0.25) is 0 Å². The lowest BCUT2D eigenvalue weighted by molar-refractivity contribution is 0.0692. The van der Waals surface area contributed by atoms with Crippen LogP contribution >= 0.6 is 0 Å². The number of halogens is 1. The molecule has 1 aromatic rings. The van der Waals surface area contributed by atoms with Crippen LogP contribution in [-0.4, -0.2) is 28.6 Å². The summed E-state index contributed by atoms with van der Waals surface area (Å²) < 4.78 is 13.2. The molecule has 3 nitrogen and oxygen atoms in total. The van der Waals surface area contributed by atoms with Gasteiger partial charge < -0.3 is 5.11 Å². The predicted octanol–water partition coefficient (Wildman–Crippen LogP) is 3.14. The zero-order valence-electron chi connectivity index (χ0n) is 11.3. The minimum atomic E-state index is -1.02. The molecule has 0 unspecified atom stereocenters. The SMILES string of the molecule is CCC(C)(C)N(C)Cc1cc(F)ccc1C(=O)O. The zero-order valence-corrected chi connectivity index (χ0v) is 11.3. The average molecular weight is 253 g/mol. The highest BCUT2D eigenvalue weighted by Gasteiger charge is 2.23. The summed E-state index contributed by atoms with van der Waals surface area (Å²) in [6.07, 6.45) is 0.932. The minimum Gasteiger partial charge on any atom is -0.478 e. The van der Waals surface area contributed by atoms with Crippen molar-refractivity contribution in [1.82, 2.24) is 4.90 Å². The van der Waals surface area contributed by atoms with Crippen molar-refractivity contribution in [2.24, 2.45) is 0 Å². The Bertz CT molecular complexity index is 443. The number of carboxylic acid groups (broad SMARTS) is 1. The van der Waals surface area contributed by atoms with E-state index in [2.05, 4.69) is 20.8 Å². The van der Waals surface area contributed by atoms with Crippen LogP contribution in [0.3, 0.4) is 0 Å². The Morgan fingerprint density at radius 1 is 1.44 bits per heavy atom. The molecule has 1 aromatic carbocycles. The van der Waals surface area contributed by atoms with Crippen molar-refractivity contribution < 1.29 is 14.3 Å². The van der Waals surface area contributed by atoms with Crippen LogP contribution < -0.4 is 0 Å². The van der Waals surface area contributed by atoms with Crippen LogP contribution in [0.5, 0.6) is 0 Å². The van der Waals surface area contributed by atoms with Gasteiger partial charge in [0.15, 0.2) is 0 Å². The third-order valence-corrected chi connectivity index (χ3v) is 3.60. The quantitative estimate of drug-likeness (QED) is 0.876. The summed E-state index contributed by atoms with van der Waals surface area (Å²) in [6.45, 7) is 6.64. The lowest BCUT2D eigenvalue weighted by Crippen LogP contribution is -2.40. The molecule has 0 aliphatic rings. The van der Waals surface area contributed by atoms with Crippen molar-refractivity contribution in [3.8, 4) is 0 Å². The van der Waals surface area contributed by atoms with Gasteiger partial charge >= 0.3 is 5.97 Å². The number of benzene rings is 1. The van der Waals surface area contributed by atoms with E-state index in [9.17, 15) is 9.18 Å². The molecule has 18 heavy (non-hydrogen) atoms. The van der Waals surface area contributed by atoms with Gasteiger partial charge in [0.05, 0.1) is 5.56 Å². The van der Waals surface area contributed by atoms with Gasteiger partial charge in [-0.25, -0.2) is 9.18 Å². The summed E-state index contributed by atoms with van der Waals surface area (Å²) in [5, 5.41) is 9.09. The van der Waals surface area contributed by atoms with Crippen LogP contribution in [-0.2, 0) is 6.54 Å². The molecular weight excluding hydrogens is 233 g/mol. The van der Waals surface area contributed by atoms with Crippen molar-refractivity contribution in [3.05, 3.63) is 35.1 Å². The summed E-state index contributed by atoms with van der Waals surface area (Å²) in [5.41, 5.74) is 0.615. The molecule has 1 rings (SSSR count). The van der Waals surface area contributed by atoms with Gasteiger partial charge in [-0.3, -0.25) is 4.90 Å². The molecule has 0 radical (unpaired) electrons. The topological polar surface area (TPSA) is 40.5 Å². The largest absolute Gasteiger partial charge is 0.478 e. The maximum Gasteiger partial charge on any atom is 0.336 e. The first-order chi connectivity index (χ1) is 8.27. The summed E-state index contributed by atoms with van der Waals surface area (Å²) in [6, 6.07) is 3.80. The van der Waals surface area contributed by atoms with E-state index < -0.39 is 11.8 Å². The Balaban J connectivity index is 3.03. The molecule has 0 heterocycles. The number of carbonyl (C=O) groups is 1. The van der Waals surface area contributed by atoms with Crippen LogP contribution in [0.25, 0.3) is 0 Å². The maximum atomic E-state index is 13.2. The molecule has 0 amide bonds. The lowest BCUT2D eigenvalue weighted by atomic mass is 9.98. The fourth-order valence-electron chi connectivity index (χ4n) is 1.64. The van der Waals surface area contributed by atoms with Crippen LogP contribution in [0, 0.1) is 5.82 Å². The van der Waals surface area contributed by atoms with Crippen molar-refractivity contribution in [1.29, 1.82) is 0 Å². The van der Waals surface area contributed by atoms with Gasteiger partial charge in [0.2, 0.25) is 0 Å². The van der Waals surface area contributed by atoms with Crippen molar-refractivity contribution in [2.75, 3.05) is 7.05 Å². The fourth-order valence-corrected chi connectivity index (χ4v) is 1.64. The molecule has 1 N–H and O–H groups in total. The lowest BCUT2D eigenvalue weighted by Gasteiger charge is -2.35. The molecule has 0 aromatic heterocycles. The number of hydrogen-bond acceptors (Lipinski definition) is 2. The van der Waals surface area contributed by atoms with E-state index >= 15 is 0 Å². The molecule has 100 valence electrons. The smallest absolute Gasteiger partial charge is 0.336 e. The van der Waals surface area contributed by atoms with E-state index in [0.29, 0.717) is 12.1 Å². The number of rotatable bonds is 5. The molecule has 4 heteroatoms. The highest BCUT2D eigenvalue weighted by atomic mass is 19.1. The molecule has 0 aliphatic carbocycles. The summed E-state index contributed by atoms with van der Waals surface area (Å²) >= 11 is 0. The first kappa shape index (κ1) is 14.6. The Morgan fingerprint density at radius 3 is 2.56 bits per heavy atom. The van der Waals surface area contributed by atoms with Gasteiger partial charge in [0.1, 0.15) is 5.82 Å². The molecule has 0 saturated carbocycles. The van der Waals surface area contributed by atoms with Gasteiger partial charge in [-0.15, -0.1) is 0 Å². The minimum absolute atomic E-state index is 0.0535. The van der Waals surface area contributed by atoms with E-state index in [1.165, 1.54) is 18.2 Å². The van der Waals surface area contributed by atoms with Crippen LogP contribution in [0.15, 0.2) is 18.2 Å². The Hall–Kier alpha value is -1.42. The van der Waals surface area contributed by atoms with Crippen molar-refractivity contribution in [2.45, 2.75) is 39.3 Å².